The second-order valence-electron chi connectivity index (χ2n) is 2.98. The summed E-state index contributed by atoms with van der Waals surface area (Å²) >= 11 is 0. The predicted octanol–water partition coefficient (Wildman–Crippen LogP) is 1.21. The number of allylic oxidation sites excluding steroid dienone is 1. The molecule has 0 N–H and O–H groups in total. The van der Waals surface area contributed by atoms with Gasteiger partial charge in [0.2, 0.25) is 0 Å². The van der Waals surface area contributed by atoms with E-state index >= 15 is 0 Å². The van der Waals surface area contributed by atoms with Gasteiger partial charge in [0.1, 0.15) is 6.29 Å². The lowest BCUT2D eigenvalue weighted by Crippen LogP contribution is -1.96. The highest BCUT2D eigenvalue weighted by atomic mass is 16.6. The van der Waals surface area contributed by atoms with E-state index in [2.05, 4.69) is 4.74 Å². The Hall–Kier alpha value is -2.23. The van der Waals surface area contributed by atoms with Crippen molar-refractivity contribution in [2.75, 3.05) is 0 Å². The van der Waals surface area contributed by atoms with Gasteiger partial charge in [0.05, 0.1) is 11.1 Å². The molecule has 0 aliphatic carbocycles. The Morgan fingerprint density at radius 3 is 2.53 bits per heavy atom. The minimum absolute atomic E-state index is 0.244. The Balaban J connectivity index is 2.47. The van der Waals surface area contributed by atoms with Gasteiger partial charge in [-0.1, -0.05) is 12.1 Å². The molecule has 4 heteroatoms. The summed E-state index contributed by atoms with van der Waals surface area (Å²) in [6, 6.07) is 4.66. The van der Waals surface area contributed by atoms with Crippen molar-refractivity contribution in [2.24, 2.45) is 0 Å². The largest absolute Gasteiger partial charge is 0.386 e. The highest BCUT2D eigenvalue weighted by molar-refractivity contribution is 6.14. The number of hydrogen-bond acceptors (Lipinski definition) is 4. The fourth-order valence-corrected chi connectivity index (χ4v) is 1.36. The zero-order valence-corrected chi connectivity index (χ0v) is 7.60. The van der Waals surface area contributed by atoms with Crippen molar-refractivity contribution >= 4 is 24.3 Å². The van der Waals surface area contributed by atoms with Crippen molar-refractivity contribution < 1.29 is 19.1 Å². The van der Waals surface area contributed by atoms with Crippen molar-refractivity contribution in [3.63, 3.8) is 0 Å². The molecule has 0 saturated carbocycles. The fourth-order valence-electron chi connectivity index (χ4n) is 1.36. The lowest BCUT2D eigenvalue weighted by atomic mass is 10.1. The number of hydrogen-bond donors (Lipinski definition) is 0. The molecular weight excluding hydrogens is 196 g/mol. The van der Waals surface area contributed by atoms with Crippen molar-refractivity contribution in [1.29, 1.82) is 0 Å². The van der Waals surface area contributed by atoms with Crippen LogP contribution >= 0.6 is 0 Å². The Morgan fingerprint density at radius 2 is 1.80 bits per heavy atom. The van der Waals surface area contributed by atoms with E-state index < -0.39 is 11.9 Å². The van der Waals surface area contributed by atoms with Gasteiger partial charge >= 0.3 is 11.9 Å². The molecule has 1 aromatic carbocycles. The monoisotopic (exact) mass is 202 g/mol. The first kappa shape index (κ1) is 9.33. The van der Waals surface area contributed by atoms with E-state index in [4.69, 9.17) is 0 Å². The second kappa shape index (κ2) is 3.49. The zero-order chi connectivity index (χ0) is 10.8. The van der Waals surface area contributed by atoms with Crippen LogP contribution in [-0.4, -0.2) is 18.2 Å². The molecule has 2 rings (SSSR count). The van der Waals surface area contributed by atoms with Crippen LogP contribution in [0.4, 0.5) is 0 Å². The summed E-state index contributed by atoms with van der Waals surface area (Å²) in [6.07, 6.45) is 3.49. The molecule has 1 aliphatic rings. The van der Waals surface area contributed by atoms with Gasteiger partial charge in [-0.05, 0) is 23.8 Å². The molecule has 0 spiro atoms. The van der Waals surface area contributed by atoms with Gasteiger partial charge < -0.3 is 4.74 Å². The van der Waals surface area contributed by atoms with Crippen LogP contribution in [0.1, 0.15) is 26.3 Å². The fraction of sp³-hybridized carbons (Fsp3) is 0. The first-order valence-corrected chi connectivity index (χ1v) is 4.25. The smallest absolute Gasteiger partial charge is 0.346 e. The number of aldehydes is 1. The maximum Gasteiger partial charge on any atom is 0.346 e. The summed E-state index contributed by atoms with van der Waals surface area (Å²) in [5, 5.41) is 0. The Morgan fingerprint density at radius 1 is 1.07 bits per heavy atom. The molecule has 4 nitrogen and oxygen atoms in total. The summed E-state index contributed by atoms with van der Waals surface area (Å²) in [5.74, 6) is -1.27. The Kier molecular flexibility index (Phi) is 2.17. The predicted molar refractivity (Wildman–Crippen MR) is 51.3 cm³/mol. The lowest BCUT2D eigenvalue weighted by molar-refractivity contribution is -0.104. The zero-order valence-electron chi connectivity index (χ0n) is 7.60. The molecule has 1 aliphatic heterocycles. The average molecular weight is 202 g/mol. The quantitative estimate of drug-likeness (QED) is 0.313. The molecule has 0 saturated heterocycles. The molecule has 0 aromatic heterocycles. The summed E-state index contributed by atoms with van der Waals surface area (Å²) in [6.45, 7) is 0. The van der Waals surface area contributed by atoms with E-state index in [9.17, 15) is 14.4 Å². The van der Waals surface area contributed by atoms with Crippen LogP contribution in [0.3, 0.4) is 0 Å². The third-order valence-corrected chi connectivity index (χ3v) is 2.04. The Labute approximate surface area is 85.2 Å². The minimum Gasteiger partial charge on any atom is -0.386 e. The highest BCUT2D eigenvalue weighted by Gasteiger charge is 2.29. The van der Waals surface area contributed by atoms with E-state index in [-0.39, 0.29) is 11.1 Å². The molecule has 0 radical (unpaired) electrons. The standard InChI is InChI=1S/C11H6O4/c12-5-1-2-7-3-4-8-9(6-7)11(14)15-10(8)13/h1-6H. The number of benzene rings is 1. The van der Waals surface area contributed by atoms with E-state index in [0.717, 1.165) is 0 Å². The molecule has 0 atom stereocenters. The van der Waals surface area contributed by atoms with Gasteiger partial charge in [-0.15, -0.1) is 0 Å². The van der Waals surface area contributed by atoms with Crippen LogP contribution in [0.15, 0.2) is 24.3 Å². The van der Waals surface area contributed by atoms with Gasteiger partial charge in [-0.3, -0.25) is 4.79 Å². The average Bonchev–Trinajstić information content (AvgIpc) is 2.52. The normalized spacial score (nSPS) is 14.1. The number of esters is 2. The number of carbonyl (C=O) groups is 3. The van der Waals surface area contributed by atoms with Gasteiger partial charge in [0.15, 0.2) is 0 Å². The summed E-state index contributed by atoms with van der Waals surface area (Å²) in [7, 11) is 0. The van der Waals surface area contributed by atoms with E-state index in [1.54, 1.807) is 12.1 Å². The topological polar surface area (TPSA) is 60.4 Å². The van der Waals surface area contributed by atoms with Crippen LogP contribution in [-0.2, 0) is 9.53 Å². The van der Waals surface area contributed by atoms with Crippen LogP contribution in [0, 0.1) is 0 Å². The molecule has 0 bridgehead atoms. The molecule has 0 amide bonds. The van der Waals surface area contributed by atoms with E-state index in [1.807, 2.05) is 0 Å². The number of fused-ring (bicyclic) bond motifs is 1. The van der Waals surface area contributed by atoms with Crippen LogP contribution < -0.4 is 0 Å². The number of carbonyl (C=O) groups excluding carboxylic acids is 3. The maximum absolute atomic E-state index is 11.2. The lowest BCUT2D eigenvalue weighted by Gasteiger charge is -1.94. The number of cyclic esters (lactones) is 2. The number of rotatable bonds is 2. The van der Waals surface area contributed by atoms with Crippen LogP contribution in [0.5, 0.6) is 0 Å². The van der Waals surface area contributed by atoms with Crippen molar-refractivity contribution in [2.45, 2.75) is 0 Å². The second-order valence-corrected chi connectivity index (χ2v) is 2.98. The third kappa shape index (κ3) is 1.57. The first-order valence-electron chi connectivity index (χ1n) is 4.25. The van der Waals surface area contributed by atoms with Crippen molar-refractivity contribution in [3.8, 4) is 0 Å². The SMILES string of the molecule is O=CC=Cc1ccc2c(c1)C(=O)OC2=O. The van der Waals surface area contributed by atoms with E-state index in [1.165, 1.54) is 18.2 Å². The van der Waals surface area contributed by atoms with Crippen molar-refractivity contribution in [3.05, 3.63) is 41.0 Å². The molecule has 1 heterocycles. The summed E-state index contributed by atoms with van der Waals surface area (Å²) in [4.78, 5) is 32.3. The molecule has 0 fully saturated rings. The van der Waals surface area contributed by atoms with Gasteiger partial charge in [0.25, 0.3) is 0 Å². The maximum atomic E-state index is 11.2. The molecule has 0 unspecified atom stereocenters. The molecule has 1 aromatic rings. The molecule has 15 heavy (non-hydrogen) atoms. The minimum atomic E-state index is -0.642. The van der Waals surface area contributed by atoms with Gasteiger partial charge in [0, 0.05) is 0 Å². The number of ether oxygens (including phenoxy) is 1. The van der Waals surface area contributed by atoms with Gasteiger partial charge in [-0.2, -0.15) is 0 Å². The summed E-state index contributed by atoms with van der Waals surface area (Å²) in [5.41, 5.74) is 1.18. The van der Waals surface area contributed by atoms with Crippen LogP contribution in [0.25, 0.3) is 6.08 Å². The first-order chi connectivity index (χ1) is 7.22. The third-order valence-electron chi connectivity index (χ3n) is 2.04. The molecule has 74 valence electrons. The van der Waals surface area contributed by atoms with E-state index in [0.29, 0.717) is 11.8 Å². The van der Waals surface area contributed by atoms with Crippen molar-refractivity contribution in [1.82, 2.24) is 0 Å². The highest BCUT2D eigenvalue weighted by Crippen LogP contribution is 2.21. The summed E-state index contributed by atoms with van der Waals surface area (Å²) < 4.78 is 4.42. The van der Waals surface area contributed by atoms with Gasteiger partial charge in [-0.25, -0.2) is 9.59 Å². The van der Waals surface area contributed by atoms with Crippen LogP contribution in [0.2, 0.25) is 0 Å². The molecular formula is C11H6O4. The Bertz CT molecular complexity index is 485.